The van der Waals surface area contributed by atoms with Crippen LogP contribution in [-0.4, -0.2) is 49.4 Å². The summed E-state index contributed by atoms with van der Waals surface area (Å²) in [6.45, 7) is 0.980. The lowest BCUT2D eigenvalue weighted by Gasteiger charge is -2.13. The molecular formula is C10H14N2O4. The Kier molecular flexibility index (Phi) is 4.65. The Bertz CT molecular complexity index is 307. The molecule has 0 unspecified atom stereocenters. The zero-order chi connectivity index (χ0) is 12.0. The summed E-state index contributed by atoms with van der Waals surface area (Å²) in [5.74, 6) is -0.936. The summed E-state index contributed by atoms with van der Waals surface area (Å²) < 4.78 is 4.76. The number of nitrogens with one attached hydrogen (secondary N) is 1. The standard InChI is InChI=1S/C10H14N2O4/c1-16-7-5-11-8(13)4-6-12-9(14)2-3-10(12)15/h2-3H,4-7H2,1H3,(H,11,13). The zero-order valence-corrected chi connectivity index (χ0v) is 9.06. The van der Waals surface area contributed by atoms with E-state index >= 15 is 0 Å². The van der Waals surface area contributed by atoms with Crippen molar-refractivity contribution in [2.75, 3.05) is 26.8 Å². The first-order valence-electron chi connectivity index (χ1n) is 4.94. The molecule has 88 valence electrons. The fourth-order valence-electron chi connectivity index (χ4n) is 1.25. The third-order valence-electron chi connectivity index (χ3n) is 2.09. The lowest BCUT2D eigenvalue weighted by atomic mass is 10.3. The van der Waals surface area contributed by atoms with Crippen LogP contribution in [0.4, 0.5) is 0 Å². The molecule has 1 rings (SSSR count). The summed E-state index contributed by atoms with van der Waals surface area (Å²) in [4.78, 5) is 34.5. The number of carbonyl (C=O) groups is 3. The minimum absolute atomic E-state index is 0.114. The highest BCUT2D eigenvalue weighted by atomic mass is 16.5. The quantitative estimate of drug-likeness (QED) is 0.468. The maximum atomic E-state index is 11.3. The maximum Gasteiger partial charge on any atom is 0.253 e. The molecule has 0 fully saturated rings. The number of ether oxygens (including phenoxy) is 1. The van der Waals surface area contributed by atoms with E-state index in [4.69, 9.17) is 4.74 Å². The SMILES string of the molecule is COCCNC(=O)CCN1C(=O)C=CC1=O. The van der Waals surface area contributed by atoms with Gasteiger partial charge in [0.15, 0.2) is 0 Å². The molecule has 0 aromatic carbocycles. The maximum absolute atomic E-state index is 11.3. The molecule has 0 aromatic heterocycles. The molecule has 0 aliphatic carbocycles. The number of nitrogens with zero attached hydrogens (tertiary/aromatic N) is 1. The average molecular weight is 226 g/mol. The molecule has 1 N–H and O–H groups in total. The summed E-state index contributed by atoms with van der Waals surface area (Å²) in [5, 5.41) is 2.60. The summed E-state index contributed by atoms with van der Waals surface area (Å²) in [5.41, 5.74) is 0. The number of hydrogen-bond donors (Lipinski definition) is 1. The van der Waals surface area contributed by atoms with Gasteiger partial charge in [-0.25, -0.2) is 0 Å². The van der Waals surface area contributed by atoms with Crippen LogP contribution in [-0.2, 0) is 19.1 Å². The van der Waals surface area contributed by atoms with Gasteiger partial charge in [0.2, 0.25) is 5.91 Å². The van der Waals surface area contributed by atoms with Gasteiger partial charge in [0.05, 0.1) is 6.61 Å². The largest absolute Gasteiger partial charge is 0.383 e. The van der Waals surface area contributed by atoms with Crippen LogP contribution in [0.3, 0.4) is 0 Å². The monoisotopic (exact) mass is 226 g/mol. The molecule has 3 amide bonds. The van der Waals surface area contributed by atoms with Gasteiger partial charge < -0.3 is 10.1 Å². The molecule has 1 aliphatic heterocycles. The molecule has 1 heterocycles. The molecule has 0 spiro atoms. The predicted octanol–water partition coefficient (Wildman–Crippen LogP) is -0.936. The smallest absolute Gasteiger partial charge is 0.253 e. The Morgan fingerprint density at radius 1 is 1.38 bits per heavy atom. The van der Waals surface area contributed by atoms with Crippen LogP contribution in [0.15, 0.2) is 12.2 Å². The second-order valence-electron chi connectivity index (χ2n) is 3.25. The van der Waals surface area contributed by atoms with Crippen molar-refractivity contribution in [3.8, 4) is 0 Å². The molecule has 0 radical (unpaired) electrons. The van der Waals surface area contributed by atoms with Crippen LogP contribution < -0.4 is 5.32 Å². The summed E-state index contributed by atoms with van der Waals surface area (Å²) in [6.07, 6.45) is 2.51. The van der Waals surface area contributed by atoms with Gasteiger partial charge in [-0.2, -0.15) is 0 Å². The average Bonchev–Trinajstić information content (AvgIpc) is 2.57. The van der Waals surface area contributed by atoms with Crippen molar-refractivity contribution in [3.63, 3.8) is 0 Å². The second kappa shape index (κ2) is 6.02. The number of hydrogen-bond acceptors (Lipinski definition) is 4. The lowest BCUT2D eigenvalue weighted by molar-refractivity contribution is -0.137. The van der Waals surface area contributed by atoms with Gasteiger partial charge in [-0.3, -0.25) is 19.3 Å². The van der Waals surface area contributed by atoms with E-state index in [1.54, 1.807) is 7.11 Å². The summed E-state index contributed by atoms with van der Waals surface area (Å²) in [6, 6.07) is 0. The molecular weight excluding hydrogens is 212 g/mol. The second-order valence-corrected chi connectivity index (χ2v) is 3.25. The molecule has 0 atom stereocenters. The van der Waals surface area contributed by atoms with Gasteiger partial charge in [0.25, 0.3) is 11.8 Å². The summed E-state index contributed by atoms with van der Waals surface area (Å²) >= 11 is 0. The Balaban J connectivity index is 2.22. The molecule has 1 aliphatic rings. The topological polar surface area (TPSA) is 75.7 Å². The van der Waals surface area contributed by atoms with E-state index < -0.39 is 0 Å². The van der Waals surface area contributed by atoms with Gasteiger partial charge in [0, 0.05) is 38.8 Å². The molecule has 0 bridgehead atoms. The normalized spacial score (nSPS) is 14.7. The zero-order valence-electron chi connectivity index (χ0n) is 9.06. The van der Waals surface area contributed by atoms with Crippen molar-refractivity contribution >= 4 is 17.7 Å². The highest BCUT2D eigenvalue weighted by Gasteiger charge is 2.23. The molecule has 0 saturated carbocycles. The number of rotatable bonds is 6. The third kappa shape index (κ3) is 3.47. The van der Waals surface area contributed by atoms with Crippen molar-refractivity contribution in [1.29, 1.82) is 0 Å². The minimum atomic E-state index is -0.366. The number of amides is 3. The summed E-state index contributed by atoms with van der Waals surface area (Å²) in [7, 11) is 1.54. The van der Waals surface area contributed by atoms with Crippen LogP contribution in [0.1, 0.15) is 6.42 Å². The van der Waals surface area contributed by atoms with E-state index in [0.717, 1.165) is 4.90 Å². The molecule has 16 heavy (non-hydrogen) atoms. The van der Waals surface area contributed by atoms with Crippen molar-refractivity contribution < 1.29 is 19.1 Å². The molecule has 6 nitrogen and oxygen atoms in total. The Morgan fingerprint density at radius 2 is 2.00 bits per heavy atom. The highest BCUT2D eigenvalue weighted by molar-refractivity contribution is 6.13. The van der Waals surface area contributed by atoms with Crippen LogP contribution in [0.5, 0.6) is 0 Å². The van der Waals surface area contributed by atoms with Crippen molar-refractivity contribution in [1.82, 2.24) is 10.2 Å². The minimum Gasteiger partial charge on any atom is -0.383 e. The first-order chi connectivity index (χ1) is 7.65. The van der Waals surface area contributed by atoms with Crippen LogP contribution in [0.2, 0.25) is 0 Å². The Hall–Kier alpha value is -1.69. The Labute approximate surface area is 93.2 Å². The van der Waals surface area contributed by atoms with E-state index in [1.807, 2.05) is 0 Å². The van der Waals surface area contributed by atoms with E-state index in [9.17, 15) is 14.4 Å². The third-order valence-corrected chi connectivity index (χ3v) is 2.09. The van der Waals surface area contributed by atoms with Crippen LogP contribution in [0.25, 0.3) is 0 Å². The number of carbonyl (C=O) groups excluding carboxylic acids is 3. The molecule has 0 aromatic rings. The predicted molar refractivity (Wildman–Crippen MR) is 55.4 cm³/mol. The van der Waals surface area contributed by atoms with Crippen molar-refractivity contribution in [2.45, 2.75) is 6.42 Å². The van der Waals surface area contributed by atoms with Crippen LogP contribution >= 0.6 is 0 Å². The van der Waals surface area contributed by atoms with Gasteiger partial charge in [0.1, 0.15) is 0 Å². The van der Waals surface area contributed by atoms with E-state index in [2.05, 4.69) is 5.32 Å². The molecule has 6 heteroatoms. The molecule has 0 saturated heterocycles. The lowest BCUT2D eigenvalue weighted by Crippen LogP contribution is -2.35. The van der Waals surface area contributed by atoms with Crippen LogP contribution in [0, 0.1) is 0 Å². The van der Waals surface area contributed by atoms with E-state index in [0.29, 0.717) is 13.2 Å². The first-order valence-corrected chi connectivity index (χ1v) is 4.94. The van der Waals surface area contributed by atoms with Gasteiger partial charge >= 0.3 is 0 Å². The van der Waals surface area contributed by atoms with Gasteiger partial charge in [-0.1, -0.05) is 0 Å². The first kappa shape index (κ1) is 12.4. The Morgan fingerprint density at radius 3 is 2.56 bits per heavy atom. The van der Waals surface area contributed by atoms with E-state index in [-0.39, 0.29) is 30.7 Å². The fourth-order valence-corrected chi connectivity index (χ4v) is 1.25. The van der Waals surface area contributed by atoms with Gasteiger partial charge in [-0.05, 0) is 0 Å². The highest BCUT2D eigenvalue weighted by Crippen LogP contribution is 2.03. The van der Waals surface area contributed by atoms with E-state index in [1.165, 1.54) is 12.2 Å². The number of imide groups is 1. The van der Waals surface area contributed by atoms with Gasteiger partial charge in [-0.15, -0.1) is 0 Å². The number of methoxy groups -OCH3 is 1. The van der Waals surface area contributed by atoms with Crippen molar-refractivity contribution in [3.05, 3.63) is 12.2 Å². The fraction of sp³-hybridized carbons (Fsp3) is 0.500. The van der Waals surface area contributed by atoms with Crippen molar-refractivity contribution in [2.24, 2.45) is 0 Å².